The van der Waals surface area contributed by atoms with Gasteiger partial charge in [-0.05, 0) is 44.9 Å². The Bertz CT molecular complexity index is 501. The van der Waals surface area contributed by atoms with E-state index in [9.17, 15) is 9.90 Å². The van der Waals surface area contributed by atoms with Crippen molar-refractivity contribution in [3.05, 3.63) is 29.3 Å². The van der Waals surface area contributed by atoms with Gasteiger partial charge in [0.25, 0.3) is 0 Å². The molecule has 0 spiro atoms. The van der Waals surface area contributed by atoms with E-state index >= 15 is 0 Å². The van der Waals surface area contributed by atoms with Crippen LogP contribution in [0.15, 0.2) is 18.2 Å². The highest BCUT2D eigenvalue weighted by atomic mass is 16.4. The number of rotatable bonds is 5. The lowest BCUT2D eigenvalue weighted by molar-refractivity contribution is -0.143. The van der Waals surface area contributed by atoms with E-state index in [-0.39, 0.29) is 0 Å². The molecule has 0 radical (unpaired) electrons. The number of fused-ring (bicyclic) bond motifs is 1. The summed E-state index contributed by atoms with van der Waals surface area (Å²) in [6.07, 6.45) is 2.16. The smallest absolute Gasteiger partial charge is 0.325 e. The van der Waals surface area contributed by atoms with Gasteiger partial charge in [-0.1, -0.05) is 24.6 Å². The summed E-state index contributed by atoms with van der Waals surface area (Å²) in [4.78, 5) is 13.8. The third-order valence-corrected chi connectivity index (χ3v) is 4.00. The van der Waals surface area contributed by atoms with Gasteiger partial charge in [-0.2, -0.15) is 0 Å². The minimum atomic E-state index is -0.908. The Morgan fingerprint density at radius 2 is 2.25 bits per heavy atom. The Kier molecular flexibility index (Phi) is 4.33. The molecule has 1 aromatic rings. The van der Waals surface area contributed by atoms with Gasteiger partial charge in [-0.25, -0.2) is 0 Å². The van der Waals surface area contributed by atoms with E-state index in [0.29, 0.717) is 13.1 Å². The quantitative estimate of drug-likeness (QED) is 0.865. The molecule has 1 aromatic carbocycles. The van der Waals surface area contributed by atoms with Gasteiger partial charge in [0.2, 0.25) is 0 Å². The van der Waals surface area contributed by atoms with Crippen molar-refractivity contribution in [2.24, 2.45) is 0 Å². The van der Waals surface area contributed by atoms with E-state index in [2.05, 4.69) is 35.3 Å². The first-order valence-corrected chi connectivity index (χ1v) is 7.29. The molecular formula is C16H24N2O2. The Labute approximate surface area is 120 Å². The second-order valence-electron chi connectivity index (χ2n) is 5.82. The third-order valence-electron chi connectivity index (χ3n) is 4.00. The van der Waals surface area contributed by atoms with E-state index < -0.39 is 11.5 Å². The predicted octanol–water partition coefficient (Wildman–Crippen LogP) is 2.20. The maximum atomic E-state index is 11.6. The summed E-state index contributed by atoms with van der Waals surface area (Å²) in [5.41, 5.74) is 2.87. The van der Waals surface area contributed by atoms with Gasteiger partial charge in [-0.3, -0.25) is 4.79 Å². The average molecular weight is 276 g/mol. The number of aliphatic carboxylic acids is 1. The van der Waals surface area contributed by atoms with Crippen LogP contribution in [0.25, 0.3) is 0 Å². The number of carboxylic acid groups (broad SMARTS) is 1. The van der Waals surface area contributed by atoms with Crippen LogP contribution in [0.2, 0.25) is 0 Å². The highest BCUT2D eigenvalue weighted by Gasteiger charge is 2.35. The van der Waals surface area contributed by atoms with Crippen LogP contribution in [0, 0.1) is 6.92 Å². The van der Waals surface area contributed by atoms with E-state index in [1.54, 1.807) is 6.92 Å². The van der Waals surface area contributed by atoms with Crippen molar-refractivity contribution >= 4 is 11.7 Å². The number of anilines is 1. The predicted molar refractivity (Wildman–Crippen MR) is 81.4 cm³/mol. The minimum absolute atomic E-state index is 0.492. The largest absolute Gasteiger partial charge is 0.480 e. The average Bonchev–Trinajstić information content (AvgIpc) is 2.38. The Morgan fingerprint density at radius 1 is 1.50 bits per heavy atom. The molecule has 0 saturated carbocycles. The number of hydrogen-bond acceptors (Lipinski definition) is 3. The number of carbonyl (C=O) groups is 1. The Balaban J connectivity index is 2.25. The van der Waals surface area contributed by atoms with Crippen LogP contribution >= 0.6 is 0 Å². The van der Waals surface area contributed by atoms with Crippen LogP contribution in [-0.2, 0) is 11.2 Å². The van der Waals surface area contributed by atoms with E-state index in [1.807, 2.05) is 6.92 Å². The molecule has 4 heteroatoms. The van der Waals surface area contributed by atoms with Crippen LogP contribution in [0.3, 0.4) is 0 Å². The minimum Gasteiger partial charge on any atom is -0.480 e. The fraction of sp³-hybridized carbons (Fsp3) is 0.562. The molecule has 0 fully saturated rings. The molecule has 0 saturated heterocycles. The number of nitrogens with zero attached hydrogens (tertiary/aromatic N) is 1. The summed E-state index contributed by atoms with van der Waals surface area (Å²) in [5.74, 6) is -0.793. The lowest BCUT2D eigenvalue weighted by atomic mass is 9.96. The van der Waals surface area contributed by atoms with E-state index in [1.165, 1.54) is 16.8 Å². The summed E-state index contributed by atoms with van der Waals surface area (Å²) < 4.78 is 0. The highest BCUT2D eigenvalue weighted by Crippen LogP contribution is 2.29. The molecule has 1 atom stereocenters. The molecule has 20 heavy (non-hydrogen) atoms. The zero-order valence-electron chi connectivity index (χ0n) is 12.6. The summed E-state index contributed by atoms with van der Waals surface area (Å²) in [7, 11) is 0. The number of nitrogens with one attached hydrogen (secondary N) is 1. The van der Waals surface area contributed by atoms with Crippen LogP contribution in [0.4, 0.5) is 5.69 Å². The third kappa shape index (κ3) is 2.96. The van der Waals surface area contributed by atoms with Crippen molar-refractivity contribution in [1.82, 2.24) is 5.32 Å². The molecule has 1 unspecified atom stereocenters. The van der Waals surface area contributed by atoms with Crippen molar-refractivity contribution in [3.63, 3.8) is 0 Å². The molecule has 1 aliphatic rings. The molecule has 1 aliphatic heterocycles. The zero-order valence-corrected chi connectivity index (χ0v) is 12.6. The first-order chi connectivity index (χ1) is 9.46. The number of benzene rings is 1. The first kappa shape index (κ1) is 14.9. The normalized spacial score (nSPS) is 17.4. The van der Waals surface area contributed by atoms with Crippen LogP contribution < -0.4 is 10.2 Å². The Morgan fingerprint density at radius 3 is 2.90 bits per heavy atom. The SMILES string of the molecule is CCNC(C)(CN1CCCc2cc(C)ccc21)C(=O)O. The second-order valence-corrected chi connectivity index (χ2v) is 5.82. The summed E-state index contributed by atoms with van der Waals surface area (Å²) in [6.45, 7) is 7.86. The Hall–Kier alpha value is -1.55. The highest BCUT2D eigenvalue weighted by molar-refractivity contribution is 5.79. The van der Waals surface area contributed by atoms with Crippen LogP contribution in [0.1, 0.15) is 31.4 Å². The molecule has 0 amide bonds. The van der Waals surface area contributed by atoms with Gasteiger partial charge in [0, 0.05) is 18.8 Å². The fourth-order valence-electron chi connectivity index (χ4n) is 2.94. The van der Waals surface area contributed by atoms with Gasteiger partial charge < -0.3 is 15.3 Å². The number of hydrogen-bond donors (Lipinski definition) is 2. The van der Waals surface area contributed by atoms with Crippen molar-refractivity contribution in [3.8, 4) is 0 Å². The molecule has 0 aromatic heterocycles. The van der Waals surface area contributed by atoms with Gasteiger partial charge in [0.15, 0.2) is 0 Å². The molecule has 2 N–H and O–H groups in total. The molecule has 2 rings (SSSR count). The molecule has 4 nitrogen and oxygen atoms in total. The summed E-state index contributed by atoms with van der Waals surface area (Å²) in [6, 6.07) is 6.44. The van der Waals surface area contributed by atoms with Crippen LogP contribution in [-0.4, -0.2) is 36.2 Å². The van der Waals surface area contributed by atoms with Gasteiger partial charge in [0.1, 0.15) is 5.54 Å². The van der Waals surface area contributed by atoms with Crippen molar-refractivity contribution in [2.45, 2.75) is 39.2 Å². The molecule has 1 heterocycles. The number of likely N-dealkylation sites (N-methyl/N-ethyl adjacent to an activating group) is 1. The number of aryl methyl sites for hydroxylation is 2. The molecule has 0 bridgehead atoms. The van der Waals surface area contributed by atoms with Gasteiger partial charge in [-0.15, -0.1) is 0 Å². The fourth-order valence-corrected chi connectivity index (χ4v) is 2.94. The van der Waals surface area contributed by atoms with E-state index in [4.69, 9.17) is 0 Å². The van der Waals surface area contributed by atoms with Crippen molar-refractivity contribution < 1.29 is 9.90 Å². The summed E-state index contributed by atoms with van der Waals surface area (Å²) in [5, 5.41) is 12.6. The standard InChI is InChI=1S/C16H24N2O2/c1-4-17-16(3,15(19)20)11-18-9-5-6-13-10-12(2)7-8-14(13)18/h7-8,10,17H,4-6,9,11H2,1-3H3,(H,19,20). The van der Waals surface area contributed by atoms with Gasteiger partial charge >= 0.3 is 5.97 Å². The first-order valence-electron chi connectivity index (χ1n) is 7.29. The lowest BCUT2D eigenvalue weighted by Gasteiger charge is -2.37. The zero-order chi connectivity index (χ0) is 14.8. The molecule has 0 aliphatic carbocycles. The molecule has 110 valence electrons. The monoisotopic (exact) mass is 276 g/mol. The van der Waals surface area contributed by atoms with Crippen molar-refractivity contribution in [2.75, 3.05) is 24.5 Å². The van der Waals surface area contributed by atoms with Gasteiger partial charge in [0.05, 0.1) is 0 Å². The molecular weight excluding hydrogens is 252 g/mol. The topological polar surface area (TPSA) is 52.6 Å². The van der Waals surface area contributed by atoms with Crippen LogP contribution in [0.5, 0.6) is 0 Å². The van der Waals surface area contributed by atoms with E-state index in [0.717, 1.165) is 19.4 Å². The lowest BCUT2D eigenvalue weighted by Crippen LogP contribution is -2.57. The number of carboxylic acids is 1. The second kappa shape index (κ2) is 5.83. The summed E-state index contributed by atoms with van der Waals surface area (Å²) >= 11 is 0. The maximum Gasteiger partial charge on any atom is 0.325 e. The maximum absolute atomic E-state index is 11.6. The van der Waals surface area contributed by atoms with Crippen molar-refractivity contribution in [1.29, 1.82) is 0 Å².